The van der Waals surface area contributed by atoms with Crippen LogP contribution in [-0.4, -0.2) is 45.0 Å². The molecule has 1 aliphatic rings. The Bertz CT molecular complexity index is 809. The second-order valence-corrected chi connectivity index (χ2v) is 8.11. The highest BCUT2D eigenvalue weighted by Gasteiger charge is 2.25. The summed E-state index contributed by atoms with van der Waals surface area (Å²) in [6.07, 6.45) is 11.6. The van der Waals surface area contributed by atoms with Crippen LogP contribution in [0.25, 0.3) is 0 Å². The van der Waals surface area contributed by atoms with Gasteiger partial charge in [0.1, 0.15) is 11.7 Å². The third-order valence-corrected chi connectivity index (χ3v) is 5.33. The van der Waals surface area contributed by atoms with Crippen molar-refractivity contribution in [1.29, 1.82) is 0 Å². The average molecular weight is 415 g/mol. The van der Waals surface area contributed by atoms with Gasteiger partial charge in [-0.2, -0.15) is 5.10 Å². The number of rotatable bonds is 8. The third-order valence-electron chi connectivity index (χ3n) is 5.33. The molecule has 2 aromatic heterocycles. The largest absolute Gasteiger partial charge is 0.474 e. The molecule has 164 valence electrons. The van der Waals surface area contributed by atoms with Crippen LogP contribution in [0, 0.1) is 0 Å². The highest BCUT2D eigenvalue weighted by atomic mass is 16.5. The number of ether oxygens (including phenoxy) is 1. The summed E-state index contributed by atoms with van der Waals surface area (Å²) < 4.78 is 7.67. The molecule has 1 atom stereocenters. The van der Waals surface area contributed by atoms with Crippen LogP contribution < -0.4 is 15.4 Å². The number of aliphatic hydroxyl groups is 1. The molecule has 8 heteroatoms. The van der Waals surface area contributed by atoms with Gasteiger partial charge in [0, 0.05) is 37.6 Å². The van der Waals surface area contributed by atoms with Crippen molar-refractivity contribution in [1.82, 2.24) is 25.4 Å². The van der Waals surface area contributed by atoms with Gasteiger partial charge in [-0.15, -0.1) is 0 Å². The number of nitrogens with one attached hydrogen (secondary N) is 2. The molecule has 0 amide bonds. The molecular formula is C22H34N6O2. The van der Waals surface area contributed by atoms with Crippen molar-refractivity contribution in [3.05, 3.63) is 41.9 Å². The van der Waals surface area contributed by atoms with E-state index >= 15 is 0 Å². The summed E-state index contributed by atoms with van der Waals surface area (Å²) in [6.45, 7) is 5.30. The zero-order chi connectivity index (χ0) is 21.4. The second kappa shape index (κ2) is 10.4. The Morgan fingerprint density at radius 2 is 2.07 bits per heavy atom. The van der Waals surface area contributed by atoms with E-state index in [4.69, 9.17) is 4.74 Å². The summed E-state index contributed by atoms with van der Waals surface area (Å²) in [7, 11) is 1.83. The summed E-state index contributed by atoms with van der Waals surface area (Å²) in [5.41, 5.74) is 0.706. The second-order valence-electron chi connectivity index (χ2n) is 8.11. The van der Waals surface area contributed by atoms with E-state index in [9.17, 15) is 5.11 Å². The number of hydrogen-bond donors (Lipinski definition) is 3. The standard InChI is InChI=1S/C22H34N6O2/c1-4-23-21(26-16-22(2,29)18-14-27-28(3)15-18)25-13-17-10-11-20(24-12-17)30-19-8-6-5-7-9-19/h10-12,14-15,19,29H,4-9,13,16H2,1-3H3,(H2,23,25,26). The summed E-state index contributed by atoms with van der Waals surface area (Å²) in [4.78, 5) is 9.06. The maximum absolute atomic E-state index is 10.7. The fraction of sp³-hybridized carbons (Fsp3) is 0.591. The van der Waals surface area contributed by atoms with Crippen molar-refractivity contribution in [3.63, 3.8) is 0 Å². The number of aryl methyl sites for hydroxylation is 1. The predicted octanol–water partition coefficient (Wildman–Crippen LogP) is 2.49. The first kappa shape index (κ1) is 22.1. The van der Waals surface area contributed by atoms with Crippen LogP contribution in [0.15, 0.2) is 35.7 Å². The molecule has 1 fully saturated rings. The van der Waals surface area contributed by atoms with Crippen LogP contribution in [-0.2, 0) is 19.2 Å². The van der Waals surface area contributed by atoms with Gasteiger partial charge in [0.05, 0.1) is 19.3 Å². The van der Waals surface area contributed by atoms with Crippen molar-refractivity contribution in [2.75, 3.05) is 13.1 Å². The first-order valence-corrected chi connectivity index (χ1v) is 10.8. The molecule has 8 nitrogen and oxygen atoms in total. The molecule has 30 heavy (non-hydrogen) atoms. The van der Waals surface area contributed by atoms with Crippen molar-refractivity contribution in [2.24, 2.45) is 12.0 Å². The van der Waals surface area contributed by atoms with Gasteiger partial charge in [-0.3, -0.25) is 4.68 Å². The predicted molar refractivity (Wildman–Crippen MR) is 117 cm³/mol. The molecule has 2 heterocycles. The molecule has 0 spiro atoms. The van der Waals surface area contributed by atoms with Gasteiger partial charge in [-0.05, 0) is 45.1 Å². The Morgan fingerprint density at radius 1 is 1.27 bits per heavy atom. The lowest BCUT2D eigenvalue weighted by Crippen LogP contribution is -2.44. The van der Waals surface area contributed by atoms with Crippen molar-refractivity contribution >= 4 is 5.96 Å². The summed E-state index contributed by atoms with van der Waals surface area (Å²) >= 11 is 0. The van der Waals surface area contributed by atoms with E-state index in [1.807, 2.05) is 38.5 Å². The smallest absolute Gasteiger partial charge is 0.213 e. The first-order chi connectivity index (χ1) is 14.5. The molecule has 0 radical (unpaired) electrons. The van der Waals surface area contributed by atoms with Crippen molar-refractivity contribution in [3.8, 4) is 5.88 Å². The molecule has 1 aliphatic carbocycles. The summed E-state index contributed by atoms with van der Waals surface area (Å²) in [5, 5.41) is 21.3. The van der Waals surface area contributed by atoms with Crippen molar-refractivity contribution < 1.29 is 9.84 Å². The fourth-order valence-electron chi connectivity index (χ4n) is 3.50. The number of guanidine groups is 1. The first-order valence-electron chi connectivity index (χ1n) is 10.8. The number of nitrogens with zero attached hydrogens (tertiary/aromatic N) is 4. The Hall–Kier alpha value is -2.61. The van der Waals surface area contributed by atoms with E-state index < -0.39 is 5.60 Å². The molecule has 0 saturated heterocycles. The van der Waals surface area contributed by atoms with Crippen LogP contribution in [0.3, 0.4) is 0 Å². The molecule has 3 N–H and O–H groups in total. The molecule has 0 bridgehead atoms. The third kappa shape index (κ3) is 6.45. The maximum atomic E-state index is 10.7. The summed E-state index contributed by atoms with van der Waals surface area (Å²) in [6, 6.07) is 3.93. The lowest BCUT2D eigenvalue weighted by molar-refractivity contribution is 0.0616. The Labute approximate surface area is 178 Å². The van der Waals surface area contributed by atoms with Gasteiger partial charge < -0.3 is 20.5 Å². The normalized spacial score (nSPS) is 17.4. The highest BCUT2D eigenvalue weighted by Crippen LogP contribution is 2.22. The van der Waals surface area contributed by atoms with Crippen LogP contribution in [0.2, 0.25) is 0 Å². The van der Waals surface area contributed by atoms with Crippen LogP contribution in [0.5, 0.6) is 5.88 Å². The number of hydrogen-bond acceptors (Lipinski definition) is 5. The molecule has 1 unspecified atom stereocenters. The minimum absolute atomic E-state index is 0.298. The van der Waals surface area contributed by atoms with Gasteiger partial charge in [-0.1, -0.05) is 12.5 Å². The number of pyridine rings is 1. The van der Waals surface area contributed by atoms with E-state index in [2.05, 4.69) is 25.7 Å². The average Bonchev–Trinajstić information content (AvgIpc) is 3.19. The maximum Gasteiger partial charge on any atom is 0.213 e. The van der Waals surface area contributed by atoms with Crippen LogP contribution in [0.1, 0.15) is 57.1 Å². The van der Waals surface area contributed by atoms with Crippen molar-refractivity contribution in [2.45, 2.75) is 64.2 Å². The number of aliphatic imine (C=N–C) groups is 1. The topological polar surface area (TPSA) is 96.6 Å². The zero-order valence-electron chi connectivity index (χ0n) is 18.3. The lowest BCUT2D eigenvalue weighted by Gasteiger charge is -2.23. The molecule has 2 aromatic rings. The van der Waals surface area contributed by atoms with Gasteiger partial charge in [-0.25, -0.2) is 9.98 Å². The van der Waals surface area contributed by atoms with E-state index in [0.29, 0.717) is 31.0 Å². The zero-order valence-corrected chi connectivity index (χ0v) is 18.3. The van der Waals surface area contributed by atoms with Gasteiger partial charge in [0.2, 0.25) is 5.88 Å². The van der Waals surface area contributed by atoms with Crippen LogP contribution in [0.4, 0.5) is 0 Å². The molecule has 0 aromatic carbocycles. The van der Waals surface area contributed by atoms with E-state index in [-0.39, 0.29) is 0 Å². The SMILES string of the molecule is CCNC(=NCc1ccc(OC2CCCCC2)nc1)NCC(C)(O)c1cnn(C)c1. The molecule has 0 aliphatic heterocycles. The molecule has 3 rings (SSSR count). The Morgan fingerprint density at radius 3 is 2.70 bits per heavy atom. The van der Waals surface area contributed by atoms with E-state index in [1.54, 1.807) is 17.8 Å². The van der Waals surface area contributed by atoms with E-state index in [1.165, 1.54) is 19.3 Å². The minimum atomic E-state index is -1.05. The van der Waals surface area contributed by atoms with Gasteiger partial charge in [0.25, 0.3) is 0 Å². The molecular weight excluding hydrogens is 380 g/mol. The van der Waals surface area contributed by atoms with Gasteiger partial charge in [0.15, 0.2) is 5.96 Å². The lowest BCUT2D eigenvalue weighted by atomic mass is 9.98. The monoisotopic (exact) mass is 414 g/mol. The fourth-order valence-corrected chi connectivity index (χ4v) is 3.50. The quantitative estimate of drug-likeness (QED) is 0.454. The Kier molecular flexibility index (Phi) is 7.68. The van der Waals surface area contributed by atoms with Crippen LogP contribution >= 0.6 is 0 Å². The highest BCUT2D eigenvalue weighted by molar-refractivity contribution is 5.79. The Balaban J connectivity index is 1.54. The number of aromatic nitrogens is 3. The minimum Gasteiger partial charge on any atom is -0.474 e. The van der Waals surface area contributed by atoms with E-state index in [0.717, 1.165) is 30.5 Å². The molecule has 1 saturated carbocycles. The van der Waals surface area contributed by atoms with Gasteiger partial charge >= 0.3 is 0 Å². The summed E-state index contributed by atoms with van der Waals surface area (Å²) in [5.74, 6) is 1.33.